The zero-order valence-electron chi connectivity index (χ0n) is 10.1. The second-order valence-electron chi connectivity index (χ2n) is 4.12. The Hall–Kier alpha value is -1.25. The van der Waals surface area contributed by atoms with Gasteiger partial charge in [-0.05, 0) is 19.4 Å². The predicted molar refractivity (Wildman–Crippen MR) is 66.6 cm³/mol. The summed E-state index contributed by atoms with van der Waals surface area (Å²) in [7, 11) is 4.09. The van der Waals surface area contributed by atoms with E-state index in [-0.39, 0.29) is 0 Å². The van der Waals surface area contributed by atoms with Gasteiger partial charge in [-0.15, -0.1) is 0 Å². The fourth-order valence-corrected chi connectivity index (χ4v) is 1.66. The van der Waals surface area contributed by atoms with Crippen molar-refractivity contribution in [3.63, 3.8) is 0 Å². The van der Waals surface area contributed by atoms with Crippen LogP contribution in [0, 0.1) is 0 Å². The summed E-state index contributed by atoms with van der Waals surface area (Å²) in [6.07, 6.45) is 6.10. The van der Waals surface area contributed by atoms with Crippen molar-refractivity contribution in [3.05, 3.63) is 18.5 Å². The summed E-state index contributed by atoms with van der Waals surface area (Å²) in [5, 5.41) is 3.49. The third-order valence-electron chi connectivity index (χ3n) is 2.40. The van der Waals surface area contributed by atoms with E-state index in [9.17, 15) is 0 Å². The van der Waals surface area contributed by atoms with E-state index < -0.39 is 0 Å². The maximum absolute atomic E-state index is 4.15. The summed E-state index contributed by atoms with van der Waals surface area (Å²) >= 11 is 0. The number of aromatic nitrogens is 1. The summed E-state index contributed by atoms with van der Waals surface area (Å²) in [5.41, 5.74) is 2.30. The second kappa shape index (κ2) is 5.59. The molecule has 0 aliphatic heterocycles. The molecule has 0 aromatic carbocycles. The van der Waals surface area contributed by atoms with Crippen molar-refractivity contribution in [2.45, 2.75) is 32.7 Å². The van der Waals surface area contributed by atoms with Gasteiger partial charge in [0.15, 0.2) is 0 Å². The molecule has 0 saturated heterocycles. The van der Waals surface area contributed by atoms with Crippen LogP contribution in [0.4, 0.5) is 11.4 Å². The Balaban J connectivity index is 2.75. The van der Waals surface area contributed by atoms with Crippen LogP contribution >= 0.6 is 0 Å². The van der Waals surface area contributed by atoms with E-state index in [0.29, 0.717) is 6.04 Å². The molecule has 3 heteroatoms. The average molecular weight is 207 g/mol. The number of nitrogens with one attached hydrogen (secondary N) is 1. The minimum absolute atomic E-state index is 0.498. The molecule has 15 heavy (non-hydrogen) atoms. The molecule has 1 aromatic rings. The van der Waals surface area contributed by atoms with Gasteiger partial charge in [-0.25, -0.2) is 0 Å². The third-order valence-corrected chi connectivity index (χ3v) is 2.40. The van der Waals surface area contributed by atoms with Gasteiger partial charge in [-0.2, -0.15) is 0 Å². The minimum atomic E-state index is 0.498. The van der Waals surface area contributed by atoms with Gasteiger partial charge in [-0.3, -0.25) is 4.98 Å². The molecule has 0 radical (unpaired) electrons. The molecule has 0 bridgehead atoms. The number of hydrogen-bond donors (Lipinski definition) is 1. The Morgan fingerprint density at radius 1 is 1.47 bits per heavy atom. The van der Waals surface area contributed by atoms with Crippen molar-refractivity contribution < 1.29 is 0 Å². The number of rotatable bonds is 5. The van der Waals surface area contributed by atoms with Crippen molar-refractivity contribution in [3.8, 4) is 0 Å². The molecule has 0 amide bonds. The van der Waals surface area contributed by atoms with Crippen LogP contribution in [0.3, 0.4) is 0 Å². The van der Waals surface area contributed by atoms with Crippen molar-refractivity contribution in [2.24, 2.45) is 0 Å². The number of anilines is 2. The summed E-state index contributed by atoms with van der Waals surface area (Å²) in [6.45, 7) is 4.41. The Morgan fingerprint density at radius 2 is 2.20 bits per heavy atom. The van der Waals surface area contributed by atoms with E-state index in [1.165, 1.54) is 18.5 Å². The van der Waals surface area contributed by atoms with E-state index in [4.69, 9.17) is 0 Å². The van der Waals surface area contributed by atoms with E-state index in [0.717, 1.165) is 5.69 Å². The third kappa shape index (κ3) is 3.42. The first-order valence-corrected chi connectivity index (χ1v) is 5.53. The van der Waals surface area contributed by atoms with Crippen LogP contribution < -0.4 is 10.2 Å². The van der Waals surface area contributed by atoms with Crippen LogP contribution in [0.5, 0.6) is 0 Å². The molecule has 1 N–H and O–H groups in total. The standard InChI is InChI=1S/C12H21N3/c1-5-6-10(2)14-11-9-13-8-7-12(11)15(3)4/h7-10,14H,5-6H2,1-4H3. The van der Waals surface area contributed by atoms with E-state index >= 15 is 0 Å². The Labute approximate surface area is 92.5 Å². The molecular formula is C12H21N3. The molecule has 0 fully saturated rings. The lowest BCUT2D eigenvalue weighted by Gasteiger charge is -2.21. The Bertz CT molecular complexity index is 297. The van der Waals surface area contributed by atoms with Crippen molar-refractivity contribution >= 4 is 11.4 Å². The van der Waals surface area contributed by atoms with Crippen molar-refractivity contribution in [1.29, 1.82) is 0 Å². The maximum atomic E-state index is 4.15. The first kappa shape index (κ1) is 11.8. The molecule has 0 aliphatic carbocycles. The van der Waals surface area contributed by atoms with Gasteiger partial charge in [0.25, 0.3) is 0 Å². The predicted octanol–water partition coefficient (Wildman–Crippen LogP) is 2.75. The fourth-order valence-electron chi connectivity index (χ4n) is 1.66. The molecular weight excluding hydrogens is 186 g/mol. The van der Waals surface area contributed by atoms with Crippen LogP contribution in [0.2, 0.25) is 0 Å². The second-order valence-corrected chi connectivity index (χ2v) is 4.12. The van der Waals surface area contributed by atoms with Crippen LogP contribution in [-0.4, -0.2) is 25.1 Å². The Morgan fingerprint density at radius 3 is 2.80 bits per heavy atom. The van der Waals surface area contributed by atoms with Crippen LogP contribution in [0.15, 0.2) is 18.5 Å². The highest BCUT2D eigenvalue weighted by Gasteiger charge is 2.06. The minimum Gasteiger partial charge on any atom is -0.380 e. The van der Waals surface area contributed by atoms with Gasteiger partial charge in [0.1, 0.15) is 0 Å². The fraction of sp³-hybridized carbons (Fsp3) is 0.583. The van der Waals surface area contributed by atoms with Crippen LogP contribution in [-0.2, 0) is 0 Å². The summed E-state index contributed by atoms with van der Waals surface area (Å²) in [5.74, 6) is 0. The number of hydrogen-bond acceptors (Lipinski definition) is 3. The van der Waals surface area contributed by atoms with Crippen LogP contribution in [0.1, 0.15) is 26.7 Å². The molecule has 0 spiro atoms. The van der Waals surface area contributed by atoms with Crippen molar-refractivity contribution in [2.75, 3.05) is 24.3 Å². The summed E-state index contributed by atoms with van der Waals surface area (Å²) in [6, 6.07) is 2.53. The zero-order valence-corrected chi connectivity index (χ0v) is 10.1. The first-order valence-electron chi connectivity index (χ1n) is 5.53. The topological polar surface area (TPSA) is 28.2 Å². The smallest absolute Gasteiger partial charge is 0.0766 e. The number of nitrogens with zero attached hydrogens (tertiary/aromatic N) is 2. The number of pyridine rings is 1. The molecule has 0 saturated carbocycles. The largest absolute Gasteiger partial charge is 0.380 e. The summed E-state index contributed by atoms with van der Waals surface area (Å²) in [4.78, 5) is 6.25. The normalized spacial score (nSPS) is 12.3. The highest BCUT2D eigenvalue weighted by Crippen LogP contribution is 2.23. The van der Waals surface area contributed by atoms with Gasteiger partial charge in [-0.1, -0.05) is 13.3 Å². The van der Waals surface area contributed by atoms with Gasteiger partial charge < -0.3 is 10.2 Å². The van der Waals surface area contributed by atoms with E-state index in [1.807, 2.05) is 32.6 Å². The molecule has 3 nitrogen and oxygen atoms in total. The van der Waals surface area contributed by atoms with E-state index in [2.05, 4.69) is 29.0 Å². The van der Waals surface area contributed by atoms with Gasteiger partial charge in [0, 0.05) is 26.3 Å². The van der Waals surface area contributed by atoms with Gasteiger partial charge >= 0.3 is 0 Å². The lowest BCUT2D eigenvalue weighted by molar-refractivity contribution is 0.690. The zero-order chi connectivity index (χ0) is 11.3. The first-order chi connectivity index (χ1) is 7.15. The lowest BCUT2D eigenvalue weighted by atomic mass is 10.2. The van der Waals surface area contributed by atoms with E-state index in [1.54, 1.807) is 0 Å². The summed E-state index contributed by atoms with van der Waals surface area (Å²) < 4.78 is 0. The maximum Gasteiger partial charge on any atom is 0.0766 e. The SMILES string of the molecule is CCCC(C)Nc1cnccc1N(C)C. The molecule has 1 atom stereocenters. The molecule has 1 heterocycles. The molecule has 0 aliphatic rings. The van der Waals surface area contributed by atoms with Gasteiger partial charge in [0.05, 0.1) is 17.6 Å². The molecule has 1 rings (SSSR count). The Kier molecular flexibility index (Phi) is 4.40. The average Bonchev–Trinajstić information content (AvgIpc) is 2.18. The monoisotopic (exact) mass is 207 g/mol. The highest BCUT2D eigenvalue weighted by atomic mass is 15.1. The lowest BCUT2D eigenvalue weighted by Crippen LogP contribution is -2.18. The molecule has 1 unspecified atom stereocenters. The quantitative estimate of drug-likeness (QED) is 0.804. The highest BCUT2D eigenvalue weighted by molar-refractivity contribution is 5.68. The van der Waals surface area contributed by atoms with Gasteiger partial charge in [0.2, 0.25) is 0 Å². The van der Waals surface area contributed by atoms with Crippen molar-refractivity contribution in [1.82, 2.24) is 4.98 Å². The van der Waals surface area contributed by atoms with Crippen LogP contribution in [0.25, 0.3) is 0 Å². The molecule has 84 valence electrons. The molecule has 1 aromatic heterocycles.